The Morgan fingerprint density at radius 1 is 0.986 bits per heavy atom. The van der Waals surface area contributed by atoms with Crippen molar-refractivity contribution in [2.75, 3.05) is 52.7 Å². The van der Waals surface area contributed by atoms with Crippen molar-refractivity contribution in [2.24, 2.45) is 17.8 Å². The third kappa shape index (κ3) is 14.8. The molecule has 5 rings (SSSR count). The number of fused-ring (bicyclic) bond motifs is 1. The van der Waals surface area contributed by atoms with Gasteiger partial charge in [0.25, 0.3) is 0 Å². The maximum atomic E-state index is 14.5. The van der Waals surface area contributed by atoms with Gasteiger partial charge in [0.1, 0.15) is 30.0 Å². The molecule has 410 valence electrons. The smallest absolute Gasteiger partial charge is 0.311 e. The van der Waals surface area contributed by atoms with E-state index in [1.165, 1.54) is 14.0 Å². The molecule has 7 N–H and O–H groups in total. The topological polar surface area (TPSA) is 234 Å². The van der Waals surface area contributed by atoms with Gasteiger partial charge in [-0.15, -0.1) is 0 Å². The lowest BCUT2D eigenvalue weighted by Gasteiger charge is -2.49. The summed E-state index contributed by atoms with van der Waals surface area (Å²) in [7, 11) is 5.25. The van der Waals surface area contributed by atoms with Crippen LogP contribution in [-0.4, -0.2) is 190 Å². The van der Waals surface area contributed by atoms with Gasteiger partial charge in [0, 0.05) is 79.9 Å². The molecule has 3 fully saturated rings. The van der Waals surface area contributed by atoms with Crippen molar-refractivity contribution in [1.82, 2.24) is 20.1 Å². The number of likely N-dealkylation sites (N-methyl/N-ethyl adjacent to an activating group) is 2. The van der Waals surface area contributed by atoms with E-state index in [0.29, 0.717) is 56.9 Å². The predicted molar refractivity (Wildman–Crippen MR) is 275 cm³/mol. The molecule has 0 aliphatic carbocycles. The zero-order valence-corrected chi connectivity index (χ0v) is 45.8. The fraction of sp³-hybridized carbons (Fsp3) is 0.792. The van der Waals surface area contributed by atoms with Gasteiger partial charge in [0.15, 0.2) is 12.6 Å². The van der Waals surface area contributed by atoms with Crippen LogP contribution in [0.4, 0.5) is 5.69 Å². The number of hydrogen-bond acceptors (Lipinski definition) is 17. The number of benzene rings is 1. The molecule has 1 amide bonds. The summed E-state index contributed by atoms with van der Waals surface area (Å²) >= 11 is 6.14. The minimum Gasteiger partial charge on any atom is -0.459 e. The van der Waals surface area contributed by atoms with Crippen molar-refractivity contribution in [3.8, 4) is 0 Å². The van der Waals surface area contributed by atoms with E-state index >= 15 is 0 Å². The molecule has 18 nitrogen and oxygen atoms in total. The van der Waals surface area contributed by atoms with E-state index in [0.717, 1.165) is 16.6 Å². The van der Waals surface area contributed by atoms with Crippen LogP contribution in [0.1, 0.15) is 114 Å². The summed E-state index contributed by atoms with van der Waals surface area (Å²) in [6.07, 6.45) is -5.77. The molecule has 4 heterocycles. The van der Waals surface area contributed by atoms with Crippen molar-refractivity contribution in [3.63, 3.8) is 0 Å². The highest BCUT2D eigenvalue weighted by Gasteiger charge is 2.53. The Morgan fingerprint density at radius 2 is 1.69 bits per heavy atom. The minimum atomic E-state index is -1.84. The number of aliphatic hydroxyl groups is 5. The maximum absolute atomic E-state index is 14.5. The molecule has 0 bridgehead atoms. The van der Waals surface area contributed by atoms with E-state index < -0.39 is 102 Å². The Morgan fingerprint density at radius 3 is 2.38 bits per heavy atom. The van der Waals surface area contributed by atoms with E-state index in [2.05, 4.69) is 15.6 Å². The first-order valence-corrected chi connectivity index (χ1v) is 26.4. The average molecular weight is 1040 g/mol. The molecule has 72 heavy (non-hydrogen) atoms. The Bertz CT molecular complexity index is 2050. The molecule has 0 unspecified atom stereocenters. The second-order valence-corrected chi connectivity index (χ2v) is 22.4. The number of ether oxygens (including phenoxy) is 6. The van der Waals surface area contributed by atoms with Crippen molar-refractivity contribution in [1.29, 1.82) is 0 Å². The monoisotopic (exact) mass is 1040 g/mol. The highest BCUT2D eigenvalue weighted by atomic mass is 35.5. The molecule has 0 saturated carbocycles. The molecule has 1 aromatic heterocycles. The van der Waals surface area contributed by atoms with Crippen molar-refractivity contribution in [3.05, 3.63) is 35.5 Å². The van der Waals surface area contributed by atoms with E-state index in [1.54, 1.807) is 47.7 Å². The largest absolute Gasteiger partial charge is 0.459 e. The highest BCUT2D eigenvalue weighted by Crippen LogP contribution is 2.40. The molecular weight excluding hydrogens is 950 g/mol. The standard InChI is InChI=1S/C53H88ClN5O13/c1-14-41-53(10,66)46(62)34(6)59(12)29-30(2)27-51(8,65)48(32(4)45(33(5)49(64)70-41)71-43-28-52(9,67-13)47(63)35(7)69-43)72-50-44(61)40(25-31(3)68-50)58(11)24-16-22-57-42(60)17-15-21-55-38-20-23-56-39-26-36(54)18-19-37(38)39/h18-20,23,26,30-35,40-41,43-48,50,61-63,65-66H,14-17,21-22,24-25,27-29H2,1-13H3,(H,55,56)(H,57,60)/t30-,31-,32+,33-,34-,35+,40+,41-,43+,44-,45+,46-,47+,48-,50+,51-,52-,53-/m1/s1. The van der Waals surface area contributed by atoms with Gasteiger partial charge in [-0.3, -0.25) is 14.6 Å². The number of esters is 1. The number of nitrogens with one attached hydrogen (secondary N) is 2. The number of hydrogen-bond donors (Lipinski definition) is 7. The van der Waals surface area contributed by atoms with Gasteiger partial charge in [-0.25, -0.2) is 0 Å². The SMILES string of the molecule is CC[C@H]1OC(=O)[C@H](C)[C@@H](O[C@H]2C[C@@](C)(OC)[C@@H](O)[C@H](C)O2)[C@H](C)[C@@H](O[C@@H]2O[C@H](C)C[C@H](N(C)CCCNC(=O)CCCNc3ccnc4cc(Cl)ccc34)[C@H]2O)[C@](C)(O)C[C@@H](C)CN(C)[C@H](C)[C@@H](O)[C@]1(C)O. The second-order valence-electron chi connectivity index (χ2n) is 21.9. The van der Waals surface area contributed by atoms with Gasteiger partial charge in [-0.2, -0.15) is 0 Å². The number of amides is 1. The Labute approximate surface area is 432 Å². The van der Waals surface area contributed by atoms with E-state index in [1.807, 2.05) is 68.9 Å². The quantitative estimate of drug-likeness (QED) is 0.0878. The number of carbonyl (C=O) groups is 2. The molecule has 3 aliphatic rings. The Hall–Kier alpha value is -2.82. The number of aliphatic hydroxyl groups excluding tert-OH is 3. The van der Waals surface area contributed by atoms with E-state index in [-0.39, 0.29) is 37.2 Å². The van der Waals surface area contributed by atoms with E-state index in [4.69, 9.17) is 40.0 Å². The summed E-state index contributed by atoms with van der Waals surface area (Å²) < 4.78 is 38.2. The Balaban J connectivity index is 1.33. The van der Waals surface area contributed by atoms with Gasteiger partial charge >= 0.3 is 5.97 Å². The normalized spacial score (nSPS) is 39.0. The fourth-order valence-corrected chi connectivity index (χ4v) is 11.4. The maximum Gasteiger partial charge on any atom is 0.311 e. The molecular formula is C53H88ClN5O13. The number of rotatable bonds is 16. The van der Waals surface area contributed by atoms with Crippen molar-refractivity contribution in [2.45, 2.75) is 204 Å². The molecule has 19 heteroatoms. The lowest BCUT2D eigenvalue weighted by molar-refractivity contribution is -0.318. The summed E-state index contributed by atoms with van der Waals surface area (Å²) in [6, 6.07) is 6.48. The van der Waals surface area contributed by atoms with Crippen LogP contribution in [0.3, 0.4) is 0 Å². The van der Waals surface area contributed by atoms with Crippen LogP contribution in [0, 0.1) is 17.8 Å². The first-order valence-electron chi connectivity index (χ1n) is 26.1. The molecule has 3 saturated heterocycles. The van der Waals surface area contributed by atoms with Crippen LogP contribution in [0.5, 0.6) is 0 Å². The number of halogens is 1. The van der Waals surface area contributed by atoms with Crippen LogP contribution in [0.2, 0.25) is 5.02 Å². The Kier molecular flexibility index (Phi) is 21.5. The van der Waals surface area contributed by atoms with Gasteiger partial charge in [0.2, 0.25) is 5.91 Å². The zero-order chi connectivity index (χ0) is 53.5. The first-order chi connectivity index (χ1) is 33.7. The van der Waals surface area contributed by atoms with E-state index in [9.17, 15) is 35.1 Å². The van der Waals surface area contributed by atoms with Crippen LogP contribution < -0.4 is 10.6 Å². The molecule has 2 aromatic rings. The second kappa shape index (κ2) is 25.8. The minimum absolute atomic E-state index is 0.0520. The van der Waals surface area contributed by atoms with Crippen molar-refractivity contribution >= 4 is 40.1 Å². The number of aromatic nitrogens is 1. The summed E-state index contributed by atoms with van der Waals surface area (Å²) in [5.41, 5.74) is -2.82. The van der Waals surface area contributed by atoms with Crippen LogP contribution >= 0.6 is 11.6 Å². The zero-order valence-electron chi connectivity index (χ0n) is 45.0. The molecule has 18 atom stereocenters. The van der Waals surface area contributed by atoms with Crippen LogP contribution in [0.25, 0.3) is 10.9 Å². The lowest BCUT2D eigenvalue weighted by Crippen LogP contribution is -2.61. The molecule has 1 aromatic carbocycles. The first kappa shape index (κ1) is 60.0. The summed E-state index contributed by atoms with van der Waals surface area (Å²) in [6.45, 7) is 19.5. The number of methoxy groups -OCH3 is 1. The molecule has 0 spiro atoms. The van der Waals surface area contributed by atoms with Crippen LogP contribution in [0.15, 0.2) is 30.5 Å². The molecule has 0 radical (unpaired) electrons. The summed E-state index contributed by atoms with van der Waals surface area (Å²) in [5.74, 6) is -2.85. The fourth-order valence-electron chi connectivity index (χ4n) is 11.2. The van der Waals surface area contributed by atoms with Gasteiger partial charge in [-0.05, 0) is 131 Å². The van der Waals surface area contributed by atoms with Crippen LogP contribution in [-0.2, 0) is 38.0 Å². The molecule has 3 aliphatic heterocycles. The van der Waals surface area contributed by atoms with Gasteiger partial charge < -0.3 is 74.4 Å². The van der Waals surface area contributed by atoms with Gasteiger partial charge in [-0.1, -0.05) is 32.4 Å². The summed E-state index contributed by atoms with van der Waals surface area (Å²) in [4.78, 5) is 35.6. The third-order valence-electron chi connectivity index (χ3n) is 15.7. The number of anilines is 1. The number of nitrogens with zero attached hydrogens (tertiary/aromatic N) is 3. The average Bonchev–Trinajstić information content (AvgIpc) is 3.32. The number of pyridine rings is 1. The predicted octanol–water partition coefficient (Wildman–Crippen LogP) is 4.87. The lowest BCUT2D eigenvalue weighted by atomic mass is 9.77. The van der Waals surface area contributed by atoms with Crippen molar-refractivity contribution < 1.29 is 63.5 Å². The number of carbonyl (C=O) groups excluding carboxylic acids is 2. The highest BCUT2D eigenvalue weighted by molar-refractivity contribution is 6.31. The third-order valence-corrected chi connectivity index (χ3v) is 16.0. The number of cyclic esters (lactones) is 1. The van der Waals surface area contributed by atoms with Gasteiger partial charge in [0.05, 0.1) is 47.1 Å². The summed E-state index contributed by atoms with van der Waals surface area (Å²) in [5, 5.41) is 67.6.